The molecule has 1 aliphatic heterocycles. The number of benzene rings is 1. The molecule has 8 heteroatoms. The van der Waals surface area contributed by atoms with Crippen LogP contribution in [0, 0.1) is 29.6 Å². The lowest BCUT2D eigenvalue weighted by Gasteiger charge is -2.60. The minimum atomic E-state index is -0.669. The summed E-state index contributed by atoms with van der Waals surface area (Å²) in [6.45, 7) is 8.25. The molecule has 1 unspecified atom stereocenters. The van der Waals surface area contributed by atoms with Crippen molar-refractivity contribution in [3.05, 3.63) is 29.8 Å². The molecule has 0 radical (unpaired) electrons. The van der Waals surface area contributed by atoms with Gasteiger partial charge in [-0.3, -0.25) is 10.1 Å². The summed E-state index contributed by atoms with van der Waals surface area (Å²) in [7, 11) is 0. The number of rotatable bonds is 5. The zero-order chi connectivity index (χ0) is 25.2. The summed E-state index contributed by atoms with van der Waals surface area (Å²) < 4.78 is 11.3. The Morgan fingerprint density at radius 2 is 1.83 bits per heavy atom. The molecule has 3 fully saturated rings. The predicted molar refractivity (Wildman–Crippen MR) is 132 cm³/mol. The molecule has 0 spiro atoms. The highest BCUT2D eigenvalue weighted by molar-refractivity contribution is 5.84. The van der Waals surface area contributed by atoms with Gasteiger partial charge in [-0.1, -0.05) is 31.5 Å². The Morgan fingerprint density at radius 3 is 2.49 bits per heavy atom. The molecule has 2 saturated carbocycles. The number of ether oxygens (including phenoxy) is 2. The van der Waals surface area contributed by atoms with E-state index >= 15 is 0 Å². The molecular formula is C27H40N2O6. The van der Waals surface area contributed by atoms with Crippen LogP contribution in [-0.4, -0.2) is 72.2 Å². The summed E-state index contributed by atoms with van der Waals surface area (Å²) in [6.07, 6.45) is 1.31. The Hall–Kier alpha value is -2.16. The molecule has 1 saturated heterocycles. The van der Waals surface area contributed by atoms with E-state index in [1.807, 2.05) is 43.0 Å². The van der Waals surface area contributed by atoms with Crippen molar-refractivity contribution in [1.82, 2.24) is 4.90 Å². The maximum absolute atomic E-state index is 13.1. The SMILES string of the molecule is Cc1ccc(NC(=O)O[C@@H]2CC[C@]3(C)C(CC[C@@H](O)[C@H]3CC(=O)N3CCOCC3)[C@]2(C)CO)cc1. The van der Waals surface area contributed by atoms with Gasteiger partial charge in [-0.05, 0) is 62.0 Å². The van der Waals surface area contributed by atoms with Crippen molar-refractivity contribution in [2.45, 2.75) is 65.1 Å². The molecule has 8 nitrogen and oxygen atoms in total. The minimum absolute atomic E-state index is 0.0109. The largest absolute Gasteiger partial charge is 0.445 e. The quantitative estimate of drug-likeness (QED) is 0.587. The third-order valence-corrected chi connectivity index (χ3v) is 8.98. The molecule has 194 valence electrons. The number of nitrogens with zero attached hydrogens (tertiary/aromatic N) is 1. The van der Waals surface area contributed by atoms with Gasteiger partial charge in [0.2, 0.25) is 5.91 Å². The standard InChI is InChI=1S/C27H40N2O6/c1-18-4-6-19(7-5-18)28-25(33)35-23-10-11-26(2)20(16-24(32)29-12-14-34-15-13-29)21(31)8-9-22(26)27(23,3)17-30/h4-7,20-23,30-31H,8-17H2,1-3H3,(H,28,33)/t20-,21-,22?,23-,26+,27+/m1/s1. The maximum Gasteiger partial charge on any atom is 0.411 e. The van der Waals surface area contributed by atoms with Gasteiger partial charge in [-0.15, -0.1) is 0 Å². The smallest absolute Gasteiger partial charge is 0.411 e. The van der Waals surface area contributed by atoms with Crippen LogP contribution in [0.15, 0.2) is 24.3 Å². The first-order chi connectivity index (χ1) is 16.7. The van der Waals surface area contributed by atoms with Crippen LogP contribution >= 0.6 is 0 Å². The molecular weight excluding hydrogens is 448 g/mol. The molecule has 1 heterocycles. The highest BCUT2D eigenvalue weighted by atomic mass is 16.6. The molecule has 4 rings (SSSR count). The topological polar surface area (TPSA) is 108 Å². The van der Waals surface area contributed by atoms with Gasteiger partial charge in [0.15, 0.2) is 0 Å². The van der Waals surface area contributed by atoms with Crippen LogP contribution in [0.25, 0.3) is 0 Å². The fourth-order valence-electron chi connectivity index (χ4n) is 6.82. The summed E-state index contributed by atoms with van der Waals surface area (Å²) in [5, 5.41) is 24.4. The third-order valence-electron chi connectivity index (χ3n) is 8.98. The number of fused-ring (bicyclic) bond motifs is 1. The second-order valence-corrected chi connectivity index (χ2v) is 11.1. The van der Waals surface area contributed by atoms with Crippen molar-refractivity contribution in [1.29, 1.82) is 0 Å². The highest BCUT2D eigenvalue weighted by Gasteiger charge is 2.60. The van der Waals surface area contributed by atoms with Crippen molar-refractivity contribution in [2.24, 2.45) is 22.7 Å². The number of hydrogen-bond donors (Lipinski definition) is 3. The van der Waals surface area contributed by atoms with E-state index in [9.17, 15) is 19.8 Å². The second kappa shape index (κ2) is 10.4. The average Bonchev–Trinajstić information content (AvgIpc) is 2.85. The van der Waals surface area contributed by atoms with E-state index < -0.39 is 23.7 Å². The number of aliphatic hydroxyl groups excluding tert-OH is 2. The molecule has 0 aromatic heterocycles. The van der Waals surface area contributed by atoms with Crippen LogP contribution in [0.4, 0.5) is 10.5 Å². The van der Waals surface area contributed by atoms with Crippen molar-refractivity contribution in [3.8, 4) is 0 Å². The van der Waals surface area contributed by atoms with Gasteiger partial charge in [-0.25, -0.2) is 4.79 Å². The molecule has 2 aliphatic carbocycles. The first kappa shape index (κ1) is 25.9. The van der Waals surface area contributed by atoms with Gasteiger partial charge in [0.25, 0.3) is 0 Å². The fraction of sp³-hybridized carbons (Fsp3) is 0.704. The Bertz CT molecular complexity index is 901. The zero-order valence-electron chi connectivity index (χ0n) is 21.2. The van der Waals surface area contributed by atoms with Gasteiger partial charge in [0.05, 0.1) is 25.9 Å². The summed E-state index contributed by atoms with van der Waals surface area (Å²) in [5.74, 6) is -0.137. The van der Waals surface area contributed by atoms with Gasteiger partial charge in [0, 0.05) is 30.6 Å². The number of anilines is 1. The average molecular weight is 489 g/mol. The second-order valence-electron chi connectivity index (χ2n) is 11.1. The number of aliphatic hydroxyl groups is 2. The molecule has 2 amide bonds. The van der Waals surface area contributed by atoms with E-state index in [4.69, 9.17) is 9.47 Å². The van der Waals surface area contributed by atoms with E-state index in [1.165, 1.54) is 0 Å². The number of amides is 2. The van der Waals surface area contributed by atoms with Gasteiger partial charge >= 0.3 is 6.09 Å². The Balaban J connectivity index is 1.48. The molecule has 6 atom stereocenters. The molecule has 0 bridgehead atoms. The van der Waals surface area contributed by atoms with Gasteiger partial charge in [0.1, 0.15) is 6.10 Å². The van der Waals surface area contributed by atoms with Crippen LogP contribution < -0.4 is 5.32 Å². The Morgan fingerprint density at radius 1 is 1.14 bits per heavy atom. The van der Waals surface area contributed by atoms with Crippen LogP contribution in [0.3, 0.4) is 0 Å². The first-order valence-corrected chi connectivity index (χ1v) is 12.9. The lowest BCUT2D eigenvalue weighted by atomic mass is 9.46. The summed E-state index contributed by atoms with van der Waals surface area (Å²) in [5.41, 5.74) is 0.751. The van der Waals surface area contributed by atoms with Crippen LogP contribution in [-0.2, 0) is 14.3 Å². The fourth-order valence-corrected chi connectivity index (χ4v) is 6.82. The first-order valence-electron chi connectivity index (χ1n) is 12.9. The maximum atomic E-state index is 13.1. The van der Waals surface area contributed by atoms with Crippen molar-refractivity contribution < 1.29 is 29.3 Å². The third kappa shape index (κ3) is 5.20. The number of carbonyl (C=O) groups excluding carboxylic acids is 2. The van der Waals surface area contributed by atoms with E-state index in [1.54, 1.807) is 0 Å². The number of hydrogen-bond acceptors (Lipinski definition) is 6. The summed E-state index contributed by atoms with van der Waals surface area (Å²) in [6, 6.07) is 7.51. The monoisotopic (exact) mass is 488 g/mol. The molecule has 1 aromatic rings. The number of carbonyl (C=O) groups is 2. The summed E-state index contributed by atoms with van der Waals surface area (Å²) in [4.78, 5) is 27.7. The van der Waals surface area contributed by atoms with E-state index in [-0.39, 0.29) is 36.2 Å². The summed E-state index contributed by atoms with van der Waals surface area (Å²) >= 11 is 0. The zero-order valence-corrected chi connectivity index (χ0v) is 21.2. The number of nitrogens with one attached hydrogen (secondary N) is 1. The van der Waals surface area contributed by atoms with E-state index in [0.717, 1.165) is 12.0 Å². The lowest BCUT2D eigenvalue weighted by Crippen LogP contribution is -2.61. The molecule has 1 aromatic carbocycles. The van der Waals surface area contributed by atoms with Gasteiger partial charge < -0.3 is 24.6 Å². The van der Waals surface area contributed by atoms with Crippen LogP contribution in [0.5, 0.6) is 0 Å². The highest BCUT2D eigenvalue weighted by Crippen LogP contribution is 2.61. The minimum Gasteiger partial charge on any atom is -0.445 e. The van der Waals surface area contributed by atoms with Crippen molar-refractivity contribution >= 4 is 17.7 Å². The Labute approximate surface area is 208 Å². The van der Waals surface area contributed by atoms with E-state index in [2.05, 4.69) is 12.2 Å². The van der Waals surface area contributed by atoms with Crippen LogP contribution in [0.2, 0.25) is 0 Å². The Kier molecular flexibility index (Phi) is 7.74. The van der Waals surface area contributed by atoms with Crippen LogP contribution in [0.1, 0.15) is 51.5 Å². The number of aryl methyl sites for hydroxylation is 1. The van der Waals surface area contributed by atoms with Crippen molar-refractivity contribution in [3.63, 3.8) is 0 Å². The molecule has 3 N–H and O–H groups in total. The van der Waals surface area contributed by atoms with Gasteiger partial charge in [-0.2, -0.15) is 0 Å². The van der Waals surface area contributed by atoms with E-state index in [0.29, 0.717) is 51.3 Å². The predicted octanol–water partition coefficient (Wildman–Crippen LogP) is 3.35. The number of morpholine rings is 1. The molecule has 35 heavy (non-hydrogen) atoms. The normalized spacial score (nSPS) is 35.2. The van der Waals surface area contributed by atoms with Crippen molar-refractivity contribution in [2.75, 3.05) is 38.2 Å². The molecule has 3 aliphatic rings. The lowest BCUT2D eigenvalue weighted by molar-refractivity contribution is -0.187.